The topological polar surface area (TPSA) is 21.3 Å². The van der Waals surface area contributed by atoms with E-state index in [1.54, 1.807) is 7.11 Å². The lowest BCUT2D eigenvalue weighted by Gasteiger charge is -2.28. The molecular formula is C18H29NO. The molecule has 1 unspecified atom stereocenters. The number of benzene rings is 1. The molecule has 1 aliphatic carbocycles. The molecule has 1 aromatic carbocycles. The molecule has 2 rings (SSSR count). The Morgan fingerprint density at radius 3 is 2.65 bits per heavy atom. The van der Waals surface area contributed by atoms with Crippen LogP contribution in [0.4, 0.5) is 0 Å². The van der Waals surface area contributed by atoms with Crippen LogP contribution in [0.25, 0.3) is 0 Å². The molecule has 112 valence electrons. The maximum absolute atomic E-state index is 5.58. The lowest BCUT2D eigenvalue weighted by Crippen LogP contribution is -2.25. The van der Waals surface area contributed by atoms with Crippen LogP contribution in [0.5, 0.6) is 5.75 Å². The quantitative estimate of drug-likeness (QED) is 0.817. The van der Waals surface area contributed by atoms with E-state index in [1.165, 1.54) is 49.7 Å². The van der Waals surface area contributed by atoms with Crippen molar-refractivity contribution in [2.24, 2.45) is 5.92 Å². The van der Waals surface area contributed by atoms with Crippen molar-refractivity contribution < 1.29 is 4.74 Å². The number of nitrogens with one attached hydrogen (secondary N) is 1. The molecule has 1 atom stereocenters. The standard InChI is InChI=1S/C18H29NO/c1-4-19-17(13-15-8-6-5-7-9-15)16-12-14(2)10-11-18(16)20-3/h10-12,15,17,19H,4-9,13H2,1-3H3. The van der Waals surface area contributed by atoms with E-state index in [9.17, 15) is 0 Å². The predicted molar refractivity (Wildman–Crippen MR) is 85.3 cm³/mol. The molecule has 0 heterocycles. The molecular weight excluding hydrogens is 246 g/mol. The molecule has 1 fully saturated rings. The van der Waals surface area contributed by atoms with E-state index in [4.69, 9.17) is 4.74 Å². The zero-order valence-electron chi connectivity index (χ0n) is 13.2. The van der Waals surface area contributed by atoms with Gasteiger partial charge in [0, 0.05) is 11.6 Å². The van der Waals surface area contributed by atoms with Crippen LogP contribution in [0.15, 0.2) is 18.2 Å². The summed E-state index contributed by atoms with van der Waals surface area (Å²) in [5.41, 5.74) is 2.65. The summed E-state index contributed by atoms with van der Waals surface area (Å²) in [5.74, 6) is 1.90. The number of hydrogen-bond acceptors (Lipinski definition) is 2. The fourth-order valence-corrected chi connectivity index (χ4v) is 3.45. The zero-order chi connectivity index (χ0) is 14.4. The molecule has 20 heavy (non-hydrogen) atoms. The van der Waals surface area contributed by atoms with Crippen molar-refractivity contribution in [2.45, 2.75) is 58.4 Å². The molecule has 0 radical (unpaired) electrons. The molecule has 1 saturated carbocycles. The molecule has 0 amide bonds. The van der Waals surface area contributed by atoms with Gasteiger partial charge in [-0.25, -0.2) is 0 Å². The van der Waals surface area contributed by atoms with Crippen molar-refractivity contribution in [2.75, 3.05) is 13.7 Å². The number of rotatable bonds is 6. The van der Waals surface area contributed by atoms with Gasteiger partial charge in [-0.2, -0.15) is 0 Å². The highest BCUT2D eigenvalue weighted by atomic mass is 16.5. The van der Waals surface area contributed by atoms with E-state index in [1.807, 2.05) is 0 Å². The Balaban J connectivity index is 2.16. The largest absolute Gasteiger partial charge is 0.496 e. The molecule has 0 aromatic heterocycles. The normalized spacial score (nSPS) is 17.9. The Labute approximate surface area is 123 Å². The van der Waals surface area contributed by atoms with E-state index >= 15 is 0 Å². The van der Waals surface area contributed by atoms with E-state index < -0.39 is 0 Å². The van der Waals surface area contributed by atoms with Crippen molar-refractivity contribution in [3.8, 4) is 5.75 Å². The molecule has 2 heteroatoms. The fourth-order valence-electron chi connectivity index (χ4n) is 3.45. The second kappa shape index (κ2) is 7.68. The van der Waals surface area contributed by atoms with Crippen LogP contribution < -0.4 is 10.1 Å². The average molecular weight is 275 g/mol. The summed E-state index contributed by atoms with van der Waals surface area (Å²) in [6.45, 7) is 5.36. The highest BCUT2D eigenvalue weighted by molar-refractivity contribution is 5.39. The van der Waals surface area contributed by atoms with Crippen LogP contribution >= 0.6 is 0 Å². The third-order valence-corrected chi connectivity index (χ3v) is 4.50. The third-order valence-electron chi connectivity index (χ3n) is 4.50. The third kappa shape index (κ3) is 3.99. The van der Waals surface area contributed by atoms with Gasteiger partial charge in [0.2, 0.25) is 0 Å². The van der Waals surface area contributed by atoms with Crippen molar-refractivity contribution in [1.82, 2.24) is 5.32 Å². The number of aryl methyl sites for hydroxylation is 1. The number of methoxy groups -OCH3 is 1. The van der Waals surface area contributed by atoms with Gasteiger partial charge >= 0.3 is 0 Å². The second-order valence-electron chi connectivity index (χ2n) is 6.10. The minimum atomic E-state index is 0.429. The molecule has 1 aromatic rings. The first-order chi connectivity index (χ1) is 9.74. The monoisotopic (exact) mass is 275 g/mol. The van der Waals surface area contributed by atoms with Crippen LogP contribution in [0.3, 0.4) is 0 Å². The maximum atomic E-state index is 5.58. The first kappa shape index (κ1) is 15.4. The molecule has 0 aliphatic heterocycles. The van der Waals surface area contributed by atoms with Crippen molar-refractivity contribution in [3.63, 3.8) is 0 Å². The van der Waals surface area contributed by atoms with E-state index in [2.05, 4.69) is 37.4 Å². The van der Waals surface area contributed by atoms with Gasteiger partial charge in [0.1, 0.15) is 5.75 Å². The average Bonchev–Trinajstić information content (AvgIpc) is 2.48. The first-order valence-electron chi connectivity index (χ1n) is 8.12. The summed E-state index contributed by atoms with van der Waals surface area (Å²) < 4.78 is 5.58. The van der Waals surface area contributed by atoms with Crippen molar-refractivity contribution in [3.05, 3.63) is 29.3 Å². The number of ether oxygens (including phenoxy) is 1. The van der Waals surface area contributed by atoms with Crippen LogP contribution in [-0.4, -0.2) is 13.7 Å². The summed E-state index contributed by atoms with van der Waals surface area (Å²) in [6, 6.07) is 6.95. The maximum Gasteiger partial charge on any atom is 0.123 e. The summed E-state index contributed by atoms with van der Waals surface area (Å²) in [7, 11) is 1.78. The van der Waals surface area contributed by atoms with Gasteiger partial charge in [-0.3, -0.25) is 0 Å². The van der Waals surface area contributed by atoms with Crippen LogP contribution in [0.2, 0.25) is 0 Å². The summed E-state index contributed by atoms with van der Waals surface area (Å²) in [6.07, 6.45) is 8.29. The fraction of sp³-hybridized carbons (Fsp3) is 0.667. The summed E-state index contributed by atoms with van der Waals surface area (Å²) >= 11 is 0. The predicted octanol–water partition coefficient (Wildman–Crippen LogP) is 4.62. The van der Waals surface area contributed by atoms with Gasteiger partial charge in [-0.05, 0) is 31.9 Å². The van der Waals surface area contributed by atoms with E-state index in [0.29, 0.717) is 6.04 Å². The Morgan fingerprint density at radius 2 is 2.00 bits per heavy atom. The van der Waals surface area contributed by atoms with Crippen molar-refractivity contribution in [1.29, 1.82) is 0 Å². The Kier molecular flexibility index (Phi) is 5.90. The molecule has 0 bridgehead atoms. The molecule has 1 N–H and O–H groups in total. The first-order valence-corrected chi connectivity index (χ1v) is 8.12. The lowest BCUT2D eigenvalue weighted by molar-refractivity contribution is 0.297. The minimum Gasteiger partial charge on any atom is -0.496 e. The molecule has 1 aliphatic rings. The van der Waals surface area contributed by atoms with Crippen LogP contribution in [-0.2, 0) is 0 Å². The number of hydrogen-bond donors (Lipinski definition) is 1. The highest BCUT2D eigenvalue weighted by Crippen LogP contribution is 2.35. The lowest BCUT2D eigenvalue weighted by atomic mass is 9.83. The van der Waals surface area contributed by atoms with E-state index in [0.717, 1.165) is 18.2 Å². The van der Waals surface area contributed by atoms with Crippen LogP contribution in [0, 0.1) is 12.8 Å². The summed E-state index contributed by atoms with van der Waals surface area (Å²) in [4.78, 5) is 0. The Morgan fingerprint density at radius 1 is 1.25 bits per heavy atom. The Bertz CT molecular complexity index is 410. The SMILES string of the molecule is CCNC(CC1CCCCC1)c1cc(C)ccc1OC. The molecule has 0 saturated heterocycles. The van der Waals surface area contributed by atoms with Gasteiger partial charge in [0.05, 0.1) is 7.11 Å². The van der Waals surface area contributed by atoms with Crippen LogP contribution in [0.1, 0.15) is 62.6 Å². The Hall–Kier alpha value is -1.02. The highest BCUT2D eigenvalue weighted by Gasteiger charge is 2.22. The van der Waals surface area contributed by atoms with Gasteiger partial charge in [-0.1, -0.05) is 56.7 Å². The zero-order valence-corrected chi connectivity index (χ0v) is 13.2. The second-order valence-corrected chi connectivity index (χ2v) is 6.10. The van der Waals surface area contributed by atoms with Gasteiger partial charge < -0.3 is 10.1 Å². The van der Waals surface area contributed by atoms with Crippen molar-refractivity contribution >= 4 is 0 Å². The smallest absolute Gasteiger partial charge is 0.123 e. The van der Waals surface area contributed by atoms with Gasteiger partial charge in [-0.15, -0.1) is 0 Å². The van der Waals surface area contributed by atoms with Gasteiger partial charge in [0.15, 0.2) is 0 Å². The molecule has 0 spiro atoms. The summed E-state index contributed by atoms with van der Waals surface area (Å²) in [5, 5.41) is 3.67. The van der Waals surface area contributed by atoms with E-state index in [-0.39, 0.29) is 0 Å². The van der Waals surface area contributed by atoms with Gasteiger partial charge in [0.25, 0.3) is 0 Å². The molecule has 2 nitrogen and oxygen atoms in total. The minimum absolute atomic E-state index is 0.429.